The summed E-state index contributed by atoms with van der Waals surface area (Å²) in [5.74, 6) is 0.500. The average molecular weight is 284 g/mol. The number of likely N-dealkylation sites (N-methyl/N-ethyl adjacent to an activating group) is 1. The van der Waals surface area contributed by atoms with Crippen LogP contribution in [-0.2, 0) is 4.79 Å². The van der Waals surface area contributed by atoms with E-state index in [0.717, 1.165) is 4.90 Å². The van der Waals surface area contributed by atoms with Crippen LogP contribution in [0.4, 0.5) is 5.82 Å². The van der Waals surface area contributed by atoms with E-state index >= 15 is 0 Å². The summed E-state index contributed by atoms with van der Waals surface area (Å²) in [4.78, 5) is 16.3. The number of nitrogens with zero attached hydrogens (tertiary/aromatic N) is 1. The summed E-state index contributed by atoms with van der Waals surface area (Å²) in [5.41, 5.74) is 0. The fourth-order valence-electron chi connectivity index (χ4n) is 0.923. The van der Waals surface area contributed by atoms with Crippen molar-refractivity contribution in [1.29, 1.82) is 0 Å². The molecule has 1 aromatic heterocycles. The standard InChI is InChI=1S/C9H13N3OS.2ClH/c1-10-6-9(13)12-8-4-3-7(14-2)5-11-8;;/h3-5,10H,6H2,1-2H3,(H,11,12,13);2*1H. The van der Waals surface area contributed by atoms with Gasteiger partial charge in [-0.1, -0.05) is 0 Å². The molecule has 0 aromatic carbocycles. The molecule has 0 aliphatic rings. The molecule has 1 amide bonds. The Morgan fingerprint density at radius 3 is 2.56 bits per heavy atom. The van der Waals surface area contributed by atoms with Gasteiger partial charge < -0.3 is 10.6 Å². The highest BCUT2D eigenvalue weighted by Crippen LogP contribution is 2.14. The lowest BCUT2D eigenvalue weighted by Gasteiger charge is -2.03. The van der Waals surface area contributed by atoms with E-state index in [2.05, 4.69) is 15.6 Å². The minimum Gasteiger partial charge on any atom is -0.311 e. The lowest BCUT2D eigenvalue weighted by molar-refractivity contribution is -0.115. The zero-order valence-electron chi connectivity index (χ0n) is 9.02. The zero-order valence-corrected chi connectivity index (χ0v) is 11.5. The van der Waals surface area contributed by atoms with Crippen molar-refractivity contribution >= 4 is 48.3 Å². The third-order valence-electron chi connectivity index (χ3n) is 1.58. The van der Waals surface area contributed by atoms with Crippen LogP contribution in [0.15, 0.2) is 23.2 Å². The van der Waals surface area contributed by atoms with Crippen LogP contribution in [0.25, 0.3) is 0 Å². The Balaban J connectivity index is 0. The van der Waals surface area contributed by atoms with Gasteiger partial charge in [-0.15, -0.1) is 36.6 Å². The number of nitrogens with one attached hydrogen (secondary N) is 2. The van der Waals surface area contributed by atoms with E-state index < -0.39 is 0 Å². The van der Waals surface area contributed by atoms with Gasteiger partial charge in [-0.3, -0.25) is 4.79 Å². The van der Waals surface area contributed by atoms with Crippen LogP contribution in [-0.4, -0.2) is 30.7 Å². The number of thioether (sulfide) groups is 1. The average Bonchev–Trinajstić information content (AvgIpc) is 2.19. The number of anilines is 1. The highest BCUT2D eigenvalue weighted by Gasteiger charge is 2.00. The summed E-state index contributed by atoms with van der Waals surface area (Å²) in [6, 6.07) is 3.71. The Bertz CT molecular complexity index is 308. The lowest BCUT2D eigenvalue weighted by Crippen LogP contribution is -2.25. The normalized spacial score (nSPS) is 8.62. The van der Waals surface area contributed by atoms with Gasteiger partial charge in [0.15, 0.2) is 0 Å². The highest BCUT2D eigenvalue weighted by atomic mass is 35.5. The molecule has 1 rings (SSSR count). The van der Waals surface area contributed by atoms with Gasteiger partial charge in [0, 0.05) is 11.1 Å². The van der Waals surface area contributed by atoms with Gasteiger partial charge in [-0.25, -0.2) is 4.98 Å². The number of aromatic nitrogens is 1. The summed E-state index contributed by atoms with van der Waals surface area (Å²) in [6.45, 7) is 0.298. The molecule has 0 aliphatic carbocycles. The third kappa shape index (κ3) is 6.17. The fraction of sp³-hybridized carbons (Fsp3) is 0.333. The van der Waals surface area contributed by atoms with Gasteiger partial charge in [-0.05, 0) is 25.4 Å². The predicted octanol–water partition coefficient (Wildman–Crippen LogP) is 1.80. The van der Waals surface area contributed by atoms with Crippen LogP contribution in [0.5, 0.6) is 0 Å². The summed E-state index contributed by atoms with van der Waals surface area (Å²) in [7, 11) is 1.73. The van der Waals surface area contributed by atoms with Gasteiger partial charge in [0.05, 0.1) is 6.54 Å². The molecule has 0 atom stereocenters. The summed E-state index contributed by atoms with van der Waals surface area (Å²) >= 11 is 1.62. The van der Waals surface area contributed by atoms with Crippen molar-refractivity contribution in [1.82, 2.24) is 10.3 Å². The van der Waals surface area contributed by atoms with Gasteiger partial charge >= 0.3 is 0 Å². The molecule has 0 radical (unpaired) electrons. The molecular formula is C9H15Cl2N3OS. The molecule has 0 saturated carbocycles. The molecule has 1 aromatic rings. The molecule has 0 aliphatic heterocycles. The Kier molecular flexibility index (Phi) is 10.9. The minimum atomic E-state index is -0.0862. The van der Waals surface area contributed by atoms with Crippen LogP contribution in [0.2, 0.25) is 0 Å². The number of hydrogen-bond donors (Lipinski definition) is 2. The largest absolute Gasteiger partial charge is 0.311 e. The van der Waals surface area contributed by atoms with Crippen molar-refractivity contribution in [2.75, 3.05) is 25.2 Å². The molecule has 0 fully saturated rings. The lowest BCUT2D eigenvalue weighted by atomic mass is 10.4. The molecule has 2 N–H and O–H groups in total. The molecule has 16 heavy (non-hydrogen) atoms. The number of rotatable bonds is 4. The van der Waals surface area contributed by atoms with E-state index in [9.17, 15) is 4.79 Å². The first-order valence-corrected chi connectivity index (χ1v) is 5.43. The molecule has 0 bridgehead atoms. The second-order valence-corrected chi connectivity index (χ2v) is 3.54. The molecular weight excluding hydrogens is 269 g/mol. The third-order valence-corrected chi connectivity index (χ3v) is 2.29. The molecule has 0 saturated heterocycles. The monoisotopic (exact) mass is 283 g/mol. The molecule has 1 heterocycles. The van der Waals surface area contributed by atoms with Gasteiger partial charge in [0.25, 0.3) is 0 Å². The van der Waals surface area contributed by atoms with E-state index in [4.69, 9.17) is 0 Å². The van der Waals surface area contributed by atoms with Crippen LogP contribution in [0.1, 0.15) is 0 Å². The van der Waals surface area contributed by atoms with Crippen molar-refractivity contribution in [3.63, 3.8) is 0 Å². The number of carbonyl (C=O) groups is 1. The molecule has 7 heteroatoms. The second kappa shape index (κ2) is 9.72. The van der Waals surface area contributed by atoms with Crippen molar-refractivity contribution in [2.24, 2.45) is 0 Å². The van der Waals surface area contributed by atoms with E-state index in [-0.39, 0.29) is 30.7 Å². The van der Waals surface area contributed by atoms with E-state index in [1.807, 2.05) is 12.3 Å². The van der Waals surface area contributed by atoms with E-state index in [1.54, 1.807) is 31.1 Å². The van der Waals surface area contributed by atoms with Crippen molar-refractivity contribution in [2.45, 2.75) is 4.90 Å². The Morgan fingerprint density at radius 2 is 2.12 bits per heavy atom. The van der Waals surface area contributed by atoms with Crippen LogP contribution >= 0.6 is 36.6 Å². The van der Waals surface area contributed by atoms with Gasteiger partial charge in [-0.2, -0.15) is 0 Å². The summed E-state index contributed by atoms with van der Waals surface area (Å²) in [6.07, 6.45) is 3.72. The first-order valence-electron chi connectivity index (χ1n) is 4.20. The first kappa shape index (κ1) is 17.9. The number of halogens is 2. The molecule has 4 nitrogen and oxygen atoms in total. The van der Waals surface area contributed by atoms with E-state index in [1.165, 1.54) is 0 Å². The number of carbonyl (C=O) groups excluding carboxylic acids is 1. The highest BCUT2D eigenvalue weighted by molar-refractivity contribution is 7.98. The van der Waals surface area contributed by atoms with Crippen LogP contribution < -0.4 is 10.6 Å². The second-order valence-electron chi connectivity index (χ2n) is 2.66. The van der Waals surface area contributed by atoms with Gasteiger partial charge in [0.1, 0.15) is 5.82 Å². The van der Waals surface area contributed by atoms with Gasteiger partial charge in [0.2, 0.25) is 5.91 Å². The van der Waals surface area contributed by atoms with Crippen LogP contribution in [0, 0.1) is 0 Å². The summed E-state index contributed by atoms with van der Waals surface area (Å²) < 4.78 is 0. The maximum Gasteiger partial charge on any atom is 0.239 e. The number of hydrogen-bond acceptors (Lipinski definition) is 4. The number of pyridine rings is 1. The topological polar surface area (TPSA) is 54.0 Å². The Labute approximate surface area is 112 Å². The SMILES string of the molecule is CNCC(=O)Nc1ccc(SC)cn1.Cl.Cl. The summed E-state index contributed by atoms with van der Waals surface area (Å²) in [5, 5.41) is 5.44. The molecule has 92 valence electrons. The van der Waals surface area contributed by atoms with Crippen LogP contribution in [0.3, 0.4) is 0 Å². The predicted molar refractivity (Wildman–Crippen MR) is 73.1 cm³/mol. The smallest absolute Gasteiger partial charge is 0.239 e. The molecule has 0 unspecified atom stereocenters. The fourth-order valence-corrected chi connectivity index (χ4v) is 1.28. The number of amides is 1. The zero-order chi connectivity index (χ0) is 10.4. The van der Waals surface area contributed by atoms with E-state index in [0.29, 0.717) is 12.4 Å². The van der Waals surface area contributed by atoms with Crippen molar-refractivity contribution in [3.8, 4) is 0 Å². The maximum atomic E-state index is 11.1. The van der Waals surface area contributed by atoms with Crippen molar-refractivity contribution in [3.05, 3.63) is 18.3 Å². The quantitative estimate of drug-likeness (QED) is 0.828. The Morgan fingerprint density at radius 1 is 1.44 bits per heavy atom. The first-order chi connectivity index (χ1) is 6.76. The Hall–Kier alpha value is -0.490. The van der Waals surface area contributed by atoms with Crippen molar-refractivity contribution < 1.29 is 4.79 Å². The molecule has 0 spiro atoms. The minimum absolute atomic E-state index is 0. The maximum absolute atomic E-state index is 11.1.